The molecule has 0 heterocycles. The Labute approximate surface area is 89.3 Å². The summed E-state index contributed by atoms with van der Waals surface area (Å²) in [5, 5.41) is 3.00. The van der Waals surface area contributed by atoms with Crippen LogP contribution in [-0.4, -0.2) is 19.1 Å². The lowest BCUT2D eigenvalue weighted by Gasteiger charge is -2.05. The van der Waals surface area contributed by atoms with Gasteiger partial charge in [-0.05, 0) is 30.5 Å². The second kappa shape index (κ2) is 6.66. The van der Waals surface area contributed by atoms with Crippen LogP contribution >= 0.6 is 11.6 Å². The number of hydrogen-bond acceptors (Lipinski definition) is 1. The van der Waals surface area contributed by atoms with E-state index < -0.39 is 0 Å². The summed E-state index contributed by atoms with van der Waals surface area (Å²) in [5.74, 6) is 0.683. The number of aryl methyl sites for hydroxylation is 1. The van der Waals surface area contributed by atoms with Crippen molar-refractivity contribution in [1.29, 1.82) is 0 Å². The van der Waals surface area contributed by atoms with Crippen LogP contribution in [0.15, 0.2) is 24.3 Å². The third-order valence-corrected chi connectivity index (χ3v) is 2.22. The molecule has 0 aliphatic heterocycles. The highest BCUT2D eigenvalue weighted by Crippen LogP contribution is 2.12. The van der Waals surface area contributed by atoms with Gasteiger partial charge in [0, 0.05) is 18.1 Å². The average molecular weight is 216 g/mol. The van der Waals surface area contributed by atoms with Crippen LogP contribution < -0.4 is 5.32 Å². The van der Waals surface area contributed by atoms with Crippen LogP contribution in [0.5, 0.6) is 0 Å². The van der Waals surface area contributed by atoms with Crippen molar-refractivity contribution in [3.63, 3.8) is 0 Å². The first-order chi connectivity index (χ1) is 6.86. The van der Waals surface area contributed by atoms with E-state index in [1.807, 2.05) is 18.2 Å². The summed E-state index contributed by atoms with van der Waals surface area (Å²) in [6.45, 7) is 0.0326. The van der Waals surface area contributed by atoms with Crippen molar-refractivity contribution in [2.24, 2.45) is 0 Å². The Hall–Kier alpha value is -0.760. The SMILES string of the molecule is FCCNc1cccc(CCCCl)c1. The monoisotopic (exact) mass is 215 g/mol. The number of benzene rings is 1. The van der Waals surface area contributed by atoms with Gasteiger partial charge in [0.25, 0.3) is 0 Å². The summed E-state index contributed by atoms with van der Waals surface area (Å²) in [5.41, 5.74) is 2.23. The minimum atomic E-state index is -0.341. The maximum Gasteiger partial charge on any atom is 0.107 e. The van der Waals surface area contributed by atoms with E-state index in [1.165, 1.54) is 5.56 Å². The Morgan fingerprint density at radius 2 is 2.21 bits per heavy atom. The van der Waals surface area contributed by atoms with Gasteiger partial charge in [-0.1, -0.05) is 12.1 Å². The number of hydrogen-bond donors (Lipinski definition) is 1. The maximum atomic E-state index is 11.9. The zero-order valence-corrected chi connectivity index (χ0v) is 8.86. The average Bonchev–Trinajstić information content (AvgIpc) is 2.24. The molecule has 0 bridgehead atoms. The first-order valence-electron chi connectivity index (χ1n) is 4.81. The van der Waals surface area contributed by atoms with Gasteiger partial charge in [0.2, 0.25) is 0 Å². The third-order valence-electron chi connectivity index (χ3n) is 1.95. The van der Waals surface area contributed by atoms with Crippen LogP contribution in [0.4, 0.5) is 10.1 Å². The van der Waals surface area contributed by atoms with E-state index in [2.05, 4.69) is 11.4 Å². The molecule has 0 unspecified atom stereocenters. The molecule has 0 saturated heterocycles. The van der Waals surface area contributed by atoms with Gasteiger partial charge in [-0.25, -0.2) is 4.39 Å². The molecule has 0 radical (unpaired) electrons. The van der Waals surface area contributed by atoms with E-state index in [-0.39, 0.29) is 6.67 Å². The minimum absolute atomic E-state index is 0.341. The zero-order valence-electron chi connectivity index (χ0n) is 8.10. The molecule has 1 N–H and O–H groups in total. The highest BCUT2D eigenvalue weighted by atomic mass is 35.5. The molecule has 1 rings (SSSR count). The lowest BCUT2D eigenvalue weighted by Crippen LogP contribution is -2.03. The Bertz CT molecular complexity index is 242. The smallest absolute Gasteiger partial charge is 0.107 e. The Morgan fingerprint density at radius 3 is 2.93 bits per heavy atom. The second-order valence-electron chi connectivity index (χ2n) is 3.11. The molecule has 1 aromatic rings. The summed E-state index contributed by atoms with van der Waals surface area (Å²) in [6.07, 6.45) is 1.96. The molecule has 1 aromatic carbocycles. The van der Waals surface area contributed by atoms with Crippen molar-refractivity contribution in [1.82, 2.24) is 0 Å². The molecule has 1 nitrogen and oxygen atoms in total. The van der Waals surface area contributed by atoms with Crippen LogP contribution in [0.3, 0.4) is 0 Å². The van der Waals surface area contributed by atoms with Gasteiger partial charge in [-0.15, -0.1) is 11.6 Å². The van der Waals surface area contributed by atoms with Crippen molar-refractivity contribution in [3.05, 3.63) is 29.8 Å². The van der Waals surface area contributed by atoms with Gasteiger partial charge in [0.05, 0.1) is 0 Å². The summed E-state index contributed by atoms with van der Waals surface area (Å²) in [4.78, 5) is 0. The van der Waals surface area contributed by atoms with Gasteiger partial charge in [-0.2, -0.15) is 0 Å². The zero-order chi connectivity index (χ0) is 10.2. The molecule has 0 aliphatic carbocycles. The van der Waals surface area contributed by atoms with E-state index in [0.717, 1.165) is 18.5 Å². The van der Waals surface area contributed by atoms with E-state index in [1.54, 1.807) is 0 Å². The van der Waals surface area contributed by atoms with Crippen molar-refractivity contribution in [2.75, 3.05) is 24.4 Å². The standard InChI is InChI=1S/C11H15ClFN/c12-6-2-4-10-3-1-5-11(9-10)14-8-7-13/h1,3,5,9,14H,2,4,6-8H2. The first-order valence-corrected chi connectivity index (χ1v) is 5.35. The third kappa shape index (κ3) is 3.97. The molecule has 0 saturated carbocycles. The normalized spacial score (nSPS) is 10.1. The molecule has 14 heavy (non-hydrogen) atoms. The molecule has 0 fully saturated rings. The fourth-order valence-electron chi connectivity index (χ4n) is 1.30. The van der Waals surface area contributed by atoms with Gasteiger partial charge in [0.15, 0.2) is 0 Å². The minimum Gasteiger partial charge on any atom is -0.382 e. The predicted octanol–water partition coefficient (Wildman–Crippen LogP) is 3.24. The number of anilines is 1. The molecule has 0 atom stereocenters. The molecule has 0 amide bonds. The van der Waals surface area contributed by atoms with Crippen LogP contribution in [0, 0.1) is 0 Å². The molecular weight excluding hydrogens is 201 g/mol. The van der Waals surface area contributed by atoms with Gasteiger partial charge < -0.3 is 5.32 Å². The summed E-state index contributed by atoms with van der Waals surface area (Å²) >= 11 is 5.61. The van der Waals surface area contributed by atoms with Crippen molar-refractivity contribution in [2.45, 2.75) is 12.8 Å². The van der Waals surface area contributed by atoms with E-state index in [4.69, 9.17) is 11.6 Å². The molecule has 0 spiro atoms. The van der Waals surface area contributed by atoms with Gasteiger partial charge >= 0.3 is 0 Å². The van der Waals surface area contributed by atoms with Crippen LogP contribution in [0.2, 0.25) is 0 Å². The number of nitrogens with one attached hydrogen (secondary N) is 1. The topological polar surface area (TPSA) is 12.0 Å². The first kappa shape index (κ1) is 11.3. The highest BCUT2D eigenvalue weighted by molar-refractivity contribution is 6.17. The Kier molecular flexibility index (Phi) is 5.38. The quantitative estimate of drug-likeness (QED) is 0.719. The van der Waals surface area contributed by atoms with E-state index >= 15 is 0 Å². The summed E-state index contributed by atoms with van der Waals surface area (Å²) < 4.78 is 11.9. The highest BCUT2D eigenvalue weighted by Gasteiger charge is 1.95. The predicted molar refractivity (Wildman–Crippen MR) is 59.9 cm³/mol. The van der Waals surface area contributed by atoms with Crippen molar-refractivity contribution < 1.29 is 4.39 Å². The van der Waals surface area contributed by atoms with Crippen molar-refractivity contribution >= 4 is 17.3 Å². The molecule has 3 heteroatoms. The fraction of sp³-hybridized carbons (Fsp3) is 0.455. The Balaban J connectivity index is 2.50. The van der Waals surface area contributed by atoms with Crippen LogP contribution in [0.1, 0.15) is 12.0 Å². The van der Waals surface area contributed by atoms with E-state index in [0.29, 0.717) is 12.4 Å². The van der Waals surface area contributed by atoms with Gasteiger partial charge in [0.1, 0.15) is 6.67 Å². The molecule has 0 aromatic heterocycles. The summed E-state index contributed by atoms with van der Waals surface area (Å²) in [7, 11) is 0. The van der Waals surface area contributed by atoms with Crippen molar-refractivity contribution in [3.8, 4) is 0 Å². The number of alkyl halides is 2. The maximum absolute atomic E-state index is 11.9. The molecular formula is C11H15ClFN. The van der Waals surface area contributed by atoms with Gasteiger partial charge in [-0.3, -0.25) is 0 Å². The lowest BCUT2D eigenvalue weighted by atomic mass is 10.1. The molecule has 78 valence electrons. The number of halogens is 2. The van der Waals surface area contributed by atoms with E-state index in [9.17, 15) is 4.39 Å². The fourth-order valence-corrected chi connectivity index (χ4v) is 1.43. The Morgan fingerprint density at radius 1 is 1.36 bits per heavy atom. The lowest BCUT2D eigenvalue weighted by molar-refractivity contribution is 0.513. The summed E-state index contributed by atoms with van der Waals surface area (Å²) in [6, 6.07) is 8.03. The second-order valence-corrected chi connectivity index (χ2v) is 3.49. The number of rotatable bonds is 6. The largest absolute Gasteiger partial charge is 0.382 e. The van der Waals surface area contributed by atoms with Crippen LogP contribution in [0.25, 0.3) is 0 Å². The molecule has 0 aliphatic rings. The van der Waals surface area contributed by atoms with Crippen LogP contribution in [-0.2, 0) is 6.42 Å².